The molecule has 7 heteroatoms. The Hall–Kier alpha value is -1.27. The van der Waals surface area contributed by atoms with E-state index < -0.39 is 25.0 Å². The number of nitrogens with zero attached hydrogens (tertiary/aromatic N) is 1. The van der Waals surface area contributed by atoms with Crippen LogP contribution in [0.4, 0.5) is 13.2 Å². The predicted molar refractivity (Wildman–Crippen MR) is 56.2 cm³/mol. The van der Waals surface area contributed by atoms with Gasteiger partial charge in [0.25, 0.3) is 0 Å². The van der Waals surface area contributed by atoms with Crippen LogP contribution < -0.4 is 5.32 Å². The smallest absolute Gasteiger partial charge is 0.347 e. The lowest BCUT2D eigenvalue weighted by Crippen LogP contribution is -2.39. The van der Waals surface area contributed by atoms with E-state index in [1.807, 2.05) is 6.92 Å². The molecule has 1 N–H and O–H groups in total. The second-order valence-electron chi connectivity index (χ2n) is 3.71. The van der Waals surface area contributed by atoms with Gasteiger partial charge in [-0.05, 0) is 6.42 Å². The topological polar surface area (TPSA) is 49.4 Å². The number of carbonyl (C=O) groups excluding carboxylic acids is 2. The van der Waals surface area contributed by atoms with Gasteiger partial charge in [-0.25, -0.2) is 0 Å². The van der Waals surface area contributed by atoms with Crippen molar-refractivity contribution in [2.24, 2.45) is 0 Å². The quantitative estimate of drug-likeness (QED) is 0.777. The summed E-state index contributed by atoms with van der Waals surface area (Å²) < 4.78 is 35.7. The van der Waals surface area contributed by atoms with Crippen LogP contribution in [0, 0.1) is 0 Å². The summed E-state index contributed by atoms with van der Waals surface area (Å²) in [4.78, 5) is 23.3. The first kappa shape index (κ1) is 15.7. The molecule has 0 saturated heterocycles. The van der Waals surface area contributed by atoms with E-state index in [1.54, 1.807) is 0 Å². The Bertz CT molecular complexity index is 267. The number of amides is 2. The lowest BCUT2D eigenvalue weighted by atomic mass is 10.3. The van der Waals surface area contributed by atoms with E-state index in [0.29, 0.717) is 12.8 Å². The standard InChI is InChI=1S/C10H17F3N2O2/c1-3-4-8(16)14-7-9(17)15(2)6-5-10(11,12)13/h3-7H2,1-2H3,(H,14,16). The van der Waals surface area contributed by atoms with Gasteiger partial charge < -0.3 is 10.2 Å². The molecule has 0 heterocycles. The molecule has 100 valence electrons. The van der Waals surface area contributed by atoms with Gasteiger partial charge in [0.15, 0.2) is 0 Å². The second kappa shape index (κ2) is 7.13. The molecule has 0 aliphatic heterocycles. The highest BCUT2D eigenvalue weighted by Gasteiger charge is 2.27. The first-order valence-electron chi connectivity index (χ1n) is 5.33. The molecule has 0 atom stereocenters. The van der Waals surface area contributed by atoms with Gasteiger partial charge in [-0.2, -0.15) is 13.2 Å². The second-order valence-corrected chi connectivity index (χ2v) is 3.71. The zero-order chi connectivity index (χ0) is 13.5. The first-order chi connectivity index (χ1) is 7.76. The Labute approximate surface area is 98.2 Å². The van der Waals surface area contributed by atoms with E-state index in [4.69, 9.17) is 0 Å². The van der Waals surface area contributed by atoms with E-state index in [2.05, 4.69) is 5.32 Å². The Balaban J connectivity index is 3.86. The highest BCUT2D eigenvalue weighted by Crippen LogP contribution is 2.19. The summed E-state index contributed by atoms with van der Waals surface area (Å²) in [6, 6.07) is 0. The Morgan fingerprint density at radius 1 is 1.29 bits per heavy atom. The normalized spacial score (nSPS) is 11.1. The van der Waals surface area contributed by atoms with Crippen LogP contribution in [0.25, 0.3) is 0 Å². The van der Waals surface area contributed by atoms with Gasteiger partial charge in [-0.1, -0.05) is 6.92 Å². The fourth-order valence-corrected chi connectivity index (χ4v) is 1.04. The lowest BCUT2D eigenvalue weighted by molar-refractivity contribution is -0.144. The highest BCUT2D eigenvalue weighted by atomic mass is 19.4. The minimum absolute atomic E-state index is 0.257. The number of carbonyl (C=O) groups is 2. The summed E-state index contributed by atoms with van der Waals surface area (Å²) in [5.41, 5.74) is 0. The van der Waals surface area contributed by atoms with Crippen molar-refractivity contribution in [2.75, 3.05) is 20.1 Å². The van der Waals surface area contributed by atoms with Crippen molar-refractivity contribution >= 4 is 11.8 Å². The van der Waals surface area contributed by atoms with Crippen molar-refractivity contribution < 1.29 is 22.8 Å². The highest BCUT2D eigenvalue weighted by molar-refractivity contribution is 5.84. The number of rotatable bonds is 6. The van der Waals surface area contributed by atoms with Crippen molar-refractivity contribution in [3.8, 4) is 0 Å². The monoisotopic (exact) mass is 254 g/mol. The average Bonchev–Trinajstić information content (AvgIpc) is 2.22. The molecule has 0 unspecified atom stereocenters. The molecule has 0 aromatic carbocycles. The summed E-state index contributed by atoms with van der Waals surface area (Å²) in [5, 5.41) is 2.35. The van der Waals surface area contributed by atoms with E-state index in [-0.39, 0.29) is 12.5 Å². The molecule has 0 saturated carbocycles. The van der Waals surface area contributed by atoms with Gasteiger partial charge in [0, 0.05) is 20.0 Å². The zero-order valence-corrected chi connectivity index (χ0v) is 9.93. The van der Waals surface area contributed by atoms with E-state index in [1.165, 1.54) is 7.05 Å². The lowest BCUT2D eigenvalue weighted by Gasteiger charge is -2.18. The molecule has 0 aromatic heterocycles. The fraction of sp³-hybridized carbons (Fsp3) is 0.800. The molecular weight excluding hydrogens is 237 g/mol. The summed E-state index contributed by atoms with van der Waals surface area (Å²) in [6.45, 7) is 1.16. The van der Waals surface area contributed by atoms with Gasteiger partial charge in [-0.15, -0.1) is 0 Å². The Morgan fingerprint density at radius 3 is 2.35 bits per heavy atom. The molecule has 0 radical (unpaired) electrons. The SMILES string of the molecule is CCCC(=O)NCC(=O)N(C)CCC(F)(F)F. The van der Waals surface area contributed by atoms with Crippen molar-refractivity contribution in [1.29, 1.82) is 0 Å². The minimum Gasteiger partial charge on any atom is -0.347 e. The van der Waals surface area contributed by atoms with Gasteiger partial charge in [-0.3, -0.25) is 9.59 Å². The first-order valence-corrected chi connectivity index (χ1v) is 5.33. The summed E-state index contributed by atoms with van der Waals surface area (Å²) in [5.74, 6) is -0.802. The average molecular weight is 254 g/mol. The van der Waals surface area contributed by atoms with Crippen LogP contribution in [0.5, 0.6) is 0 Å². The van der Waals surface area contributed by atoms with E-state index in [9.17, 15) is 22.8 Å². The third-order valence-corrected chi connectivity index (χ3v) is 2.07. The van der Waals surface area contributed by atoms with Crippen LogP contribution in [0.15, 0.2) is 0 Å². The van der Waals surface area contributed by atoms with Crippen LogP contribution in [0.3, 0.4) is 0 Å². The molecule has 2 amide bonds. The third-order valence-electron chi connectivity index (χ3n) is 2.07. The molecular formula is C10H17F3N2O2. The van der Waals surface area contributed by atoms with Crippen molar-refractivity contribution in [2.45, 2.75) is 32.4 Å². The van der Waals surface area contributed by atoms with Crippen LogP contribution in [0.1, 0.15) is 26.2 Å². The molecule has 0 fully saturated rings. The minimum atomic E-state index is -4.28. The molecule has 0 aromatic rings. The van der Waals surface area contributed by atoms with Gasteiger partial charge in [0.2, 0.25) is 11.8 Å². The van der Waals surface area contributed by atoms with Crippen LogP contribution in [-0.4, -0.2) is 43.0 Å². The van der Waals surface area contributed by atoms with Crippen LogP contribution >= 0.6 is 0 Å². The summed E-state index contributed by atoms with van der Waals surface area (Å²) in [7, 11) is 1.28. The van der Waals surface area contributed by atoms with Crippen molar-refractivity contribution in [1.82, 2.24) is 10.2 Å². The summed E-state index contributed by atoms with van der Waals surface area (Å²) >= 11 is 0. The van der Waals surface area contributed by atoms with Gasteiger partial charge >= 0.3 is 6.18 Å². The molecule has 0 rings (SSSR count). The summed E-state index contributed by atoms with van der Waals surface area (Å²) in [6.07, 6.45) is -4.36. The predicted octanol–water partition coefficient (Wildman–Crippen LogP) is 1.31. The number of nitrogens with one attached hydrogen (secondary N) is 1. The maximum Gasteiger partial charge on any atom is 0.390 e. The number of hydrogen-bond donors (Lipinski definition) is 1. The molecule has 0 bridgehead atoms. The molecule has 0 spiro atoms. The number of hydrogen-bond acceptors (Lipinski definition) is 2. The van der Waals surface area contributed by atoms with Crippen molar-refractivity contribution in [3.63, 3.8) is 0 Å². The number of halogens is 3. The molecule has 0 aliphatic rings. The maximum atomic E-state index is 11.9. The largest absolute Gasteiger partial charge is 0.390 e. The molecule has 17 heavy (non-hydrogen) atoms. The van der Waals surface area contributed by atoms with E-state index in [0.717, 1.165) is 4.90 Å². The number of alkyl halides is 3. The van der Waals surface area contributed by atoms with Crippen molar-refractivity contribution in [3.05, 3.63) is 0 Å². The zero-order valence-electron chi connectivity index (χ0n) is 9.93. The maximum absolute atomic E-state index is 11.9. The molecule has 4 nitrogen and oxygen atoms in total. The van der Waals surface area contributed by atoms with E-state index >= 15 is 0 Å². The van der Waals surface area contributed by atoms with Crippen LogP contribution in [-0.2, 0) is 9.59 Å². The third kappa shape index (κ3) is 8.53. The van der Waals surface area contributed by atoms with Gasteiger partial charge in [0.1, 0.15) is 0 Å². The fourth-order valence-electron chi connectivity index (χ4n) is 1.04. The number of likely N-dealkylation sites (N-methyl/N-ethyl adjacent to an activating group) is 1. The van der Waals surface area contributed by atoms with Gasteiger partial charge in [0.05, 0.1) is 13.0 Å². The Kier molecular flexibility index (Phi) is 6.60. The molecule has 0 aliphatic carbocycles. The Morgan fingerprint density at radius 2 is 1.88 bits per heavy atom. The van der Waals surface area contributed by atoms with Crippen LogP contribution in [0.2, 0.25) is 0 Å².